The first-order chi connectivity index (χ1) is 7.58. The van der Waals surface area contributed by atoms with Gasteiger partial charge in [-0.15, -0.1) is 0 Å². The van der Waals surface area contributed by atoms with Gasteiger partial charge in [-0.25, -0.2) is 8.42 Å². The molecule has 0 aromatic carbocycles. The van der Waals surface area contributed by atoms with Crippen LogP contribution >= 0.6 is 0 Å². The van der Waals surface area contributed by atoms with Crippen molar-refractivity contribution in [3.8, 4) is 0 Å². The molecule has 3 atom stereocenters. The van der Waals surface area contributed by atoms with Crippen molar-refractivity contribution < 1.29 is 13.2 Å². The third-order valence-electron chi connectivity index (χ3n) is 4.82. The number of ether oxygens (including phenoxy) is 1. The van der Waals surface area contributed by atoms with E-state index in [1.807, 2.05) is 0 Å². The molecule has 0 saturated carbocycles. The van der Waals surface area contributed by atoms with Gasteiger partial charge in [0.15, 0.2) is 9.84 Å². The fourth-order valence-corrected chi connectivity index (χ4v) is 6.53. The highest BCUT2D eigenvalue weighted by Gasteiger charge is 2.57. The highest BCUT2D eigenvalue weighted by Crippen LogP contribution is 2.53. The molecule has 3 fully saturated rings. The van der Waals surface area contributed by atoms with Gasteiger partial charge in [0, 0.05) is 18.6 Å². The van der Waals surface area contributed by atoms with Crippen LogP contribution in [0.4, 0.5) is 0 Å². The van der Waals surface area contributed by atoms with E-state index in [0.717, 1.165) is 38.7 Å². The molecule has 3 aliphatic rings. The second-order valence-corrected chi connectivity index (χ2v) is 8.04. The van der Waals surface area contributed by atoms with Crippen molar-refractivity contribution in [2.75, 3.05) is 13.2 Å². The van der Waals surface area contributed by atoms with E-state index in [2.05, 4.69) is 0 Å². The predicted octanol–water partition coefficient (Wildman–Crippen LogP) is 0.460. The molecule has 3 heterocycles. The van der Waals surface area contributed by atoms with Crippen LogP contribution in [0.25, 0.3) is 0 Å². The summed E-state index contributed by atoms with van der Waals surface area (Å²) in [6.45, 7) is 1.28. The number of sulfone groups is 1. The largest absolute Gasteiger partial charge is 0.376 e. The number of fused-ring (bicyclic) bond motifs is 2. The molecule has 4 nitrogen and oxygen atoms in total. The van der Waals surface area contributed by atoms with Crippen molar-refractivity contribution in [1.29, 1.82) is 0 Å². The zero-order valence-electron chi connectivity index (χ0n) is 9.39. The maximum Gasteiger partial charge on any atom is 0.156 e. The van der Waals surface area contributed by atoms with Gasteiger partial charge in [-0.2, -0.15) is 0 Å². The Bertz CT molecular complexity index is 372. The van der Waals surface area contributed by atoms with Gasteiger partial charge < -0.3 is 10.5 Å². The molecule has 3 unspecified atom stereocenters. The van der Waals surface area contributed by atoms with E-state index in [4.69, 9.17) is 10.5 Å². The van der Waals surface area contributed by atoms with E-state index in [0.29, 0.717) is 6.54 Å². The quantitative estimate of drug-likeness (QED) is 0.728. The summed E-state index contributed by atoms with van der Waals surface area (Å²) in [6, 6.07) is 0. The van der Waals surface area contributed by atoms with Gasteiger partial charge in [-0.1, -0.05) is 0 Å². The molecule has 2 N–H and O–H groups in total. The molecule has 16 heavy (non-hydrogen) atoms. The van der Waals surface area contributed by atoms with Crippen LogP contribution < -0.4 is 5.73 Å². The second-order valence-electron chi connectivity index (χ2n) is 5.53. The Morgan fingerprint density at radius 3 is 2.44 bits per heavy atom. The van der Waals surface area contributed by atoms with Gasteiger partial charge in [0.25, 0.3) is 0 Å². The van der Waals surface area contributed by atoms with Crippen molar-refractivity contribution in [3.63, 3.8) is 0 Å². The van der Waals surface area contributed by atoms with E-state index >= 15 is 0 Å². The Hall–Kier alpha value is -0.130. The first kappa shape index (κ1) is 11.0. The maximum absolute atomic E-state index is 12.0. The molecular weight excluding hydrogens is 226 g/mol. The summed E-state index contributed by atoms with van der Waals surface area (Å²) in [6.07, 6.45) is 4.36. The van der Waals surface area contributed by atoms with E-state index in [1.165, 1.54) is 0 Å². The van der Waals surface area contributed by atoms with Crippen molar-refractivity contribution >= 4 is 9.84 Å². The lowest BCUT2D eigenvalue weighted by Gasteiger charge is -2.40. The number of hydrogen-bond acceptors (Lipinski definition) is 4. The molecule has 0 amide bonds. The average molecular weight is 245 g/mol. The number of rotatable bonds is 1. The Labute approximate surface area is 96.5 Å². The van der Waals surface area contributed by atoms with Crippen LogP contribution in [0.5, 0.6) is 0 Å². The summed E-state index contributed by atoms with van der Waals surface area (Å²) in [4.78, 5) is 0. The van der Waals surface area contributed by atoms with E-state index in [-0.39, 0.29) is 22.0 Å². The van der Waals surface area contributed by atoms with Gasteiger partial charge in [0.05, 0.1) is 16.6 Å². The van der Waals surface area contributed by atoms with Crippen LogP contribution in [0.15, 0.2) is 0 Å². The minimum atomic E-state index is -2.82. The van der Waals surface area contributed by atoms with Crippen LogP contribution in [0.3, 0.4) is 0 Å². The molecule has 1 spiro atoms. The van der Waals surface area contributed by atoms with Crippen LogP contribution in [-0.4, -0.2) is 38.2 Å². The molecule has 92 valence electrons. The summed E-state index contributed by atoms with van der Waals surface area (Å²) in [5.41, 5.74) is 5.82. The first-order valence-electron chi connectivity index (χ1n) is 6.13. The van der Waals surface area contributed by atoms with Gasteiger partial charge in [0.2, 0.25) is 0 Å². The van der Waals surface area contributed by atoms with Crippen LogP contribution in [0.1, 0.15) is 32.1 Å². The van der Waals surface area contributed by atoms with Crippen molar-refractivity contribution in [3.05, 3.63) is 0 Å². The molecule has 5 heteroatoms. The molecule has 0 aromatic heterocycles. The van der Waals surface area contributed by atoms with Crippen LogP contribution in [0.2, 0.25) is 0 Å². The Morgan fingerprint density at radius 1 is 1.25 bits per heavy atom. The van der Waals surface area contributed by atoms with E-state index < -0.39 is 9.84 Å². The van der Waals surface area contributed by atoms with Crippen LogP contribution in [0, 0.1) is 5.41 Å². The number of nitrogens with two attached hydrogens (primary N) is 1. The highest BCUT2D eigenvalue weighted by atomic mass is 32.2. The summed E-state index contributed by atoms with van der Waals surface area (Å²) in [5.74, 6) is 0. The molecule has 3 rings (SSSR count). The zero-order valence-corrected chi connectivity index (χ0v) is 10.2. The second kappa shape index (κ2) is 3.43. The van der Waals surface area contributed by atoms with Gasteiger partial charge in [-0.05, 0) is 32.1 Å². The van der Waals surface area contributed by atoms with Gasteiger partial charge >= 0.3 is 0 Å². The van der Waals surface area contributed by atoms with E-state index in [9.17, 15) is 8.42 Å². The minimum absolute atomic E-state index is 0.0753. The third kappa shape index (κ3) is 1.31. The molecule has 3 saturated heterocycles. The number of hydrogen-bond donors (Lipinski definition) is 1. The Balaban J connectivity index is 1.92. The summed E-state index contributed by atoms with van der Waals surface area (Å²) in [5, 5.41) is -0.219. The predicted molar refractivity (Wildman–Crippen MR) is 60.8 cm³/mol. The zero-order chi connectivity index (χ0) is 11.4. The fraction of sp³-hybridized carbons (Fsp3) is 1.00. The summed E-state index contributed by atoms with van der Waals surface area (Å²) in [7, 11) is -2.82. The normalized spacial score (nSPS) is 49.9. The Morgan fingerprint density at radius 2 is 1.88 bits per heavy atom. The van der Waals surface area contributed by atoms with Crippen molar-refractivity contribution in [1.82, 2.24) is 0 Å². The lowest BCUT2D eigenvalue weighted by atomic mass is 9.74. The molecule has 0 radical (unpaired) electrons. The van der Waals surface area contributed by atoms with Gasteiger partial charge in [0.1, 0.15) is 0 Å². The van der Waals surface area contributed by atoms with Crippen molar-refractivity contribution in [2.45, 2.75) is 48.7 Å². The molecule has 0 aromatic rings. The molecule has 3 aliphatic heterocycles. The average Bonchev–Trinajstić information content (AvgIpc) is 2.63. The van der Waals surface area contributed by atoms with Gasteiger partial charge in [-0.3, -0.25) is 0 Å². The smallest absolute Gasteiger partial charge is 0.156 e. The third-order valence-corrected chi connectivity index (χ3v) is 7.49. The molecule has 2 bridgehead atoms. The first-order valence-corrected chi connectivity index (χ1v) is 7.74. The van der Waals surface area contributed by atoms with E-state index in [1.54, 1.807) is 0 Å². The minimum Gasteiger partial charge on any atom is -0.376 e. The monoisotopic (exact) mass is 245 g/mol. The topological polar surface area (TPSA) is 69.4 Å². The fourth-order valence-electron chi connectivity index (χ4n) is 3.93. The van der Waals surface area contributed by atoms with Crippen molar-refractivity contribution in [2.24, 2.45) is 11.1 Å². The summed E-state index contributed by atoms with van der Waals surface area (Å²) >= 11 is 0. The lowest BCUT2D eigenvalue weighted by molar-refractivity contribution is 0.0453. The standard InChI is InChI=1S/C11H19NO3S/c12-7-10-11(3-4-15-10)5-8-1-2-9(6-11)16(8,13)14/h8-10H,1-7,12H2. The molecule has 0 aliphatic carbocycles. The maximum atomic E-state index is 12.0. The highest BCUT2D eigenvalue weighted by molar-refractivity contribution is 7.93. The summed E-state index contributed by atoms with van der Waals surface area (Å²) < 4.78 is 29.7. The molecular formula is C11H19NO3S. The van der Waals surface area contributed by atoms with Crippen LogP contribution in [-0.2, 0) is 14.6 Å². The SMILES string of the molecule is NCC1OCCC12CC1CCC(C2)S1(=O)=O. The lowest BCUT2D eigenvalue weighted by Crippen LogP contribution is -2.47. The Kier molecular flexibility index (Phi) is 2.36.